The highest BCUT2D eigenvalue weighted by Gasteiger charge is 2.35. The minimum absolute atomic E-state index is 0.102. The van der Waals surface area contributed by atoms with E-state index in [4.69, 9.17) is 5.73 Å². The molecule has 1 aromatic rings. The highest BCUT2D eigenvalue weighted by atomic mass is 79.9. The van der Waals surface area contributed by atoms with Crippen molar-refractivity contribution in [2.75, 3.05) is 20.1 Å². The Labute approximate surface area is 120 Å². The van der Waals surface area contributed by atoms with Crippen molar-refractivity contribution in [3.8, 4) is 0 Å². The molecule has 18 heavy (non-hydrogen) atoms. The van der Waals surface area contributed by atoms with Crippen LogP contribution in [0.2, 0.25) is 0 Å². The number of rotatable bonds is 4. The SMILES string of the molecule is CC(N)CCN1CC(c2ccc(Br)s2)N(C)C1=O. The lowest BCUT2D eigenvalue weighted by Crippen LogP contribution is -2.32. The van der Waals surface area contributed by atoms with E-state index >= 15 is 0 Å². The lowest BCUT2D eigenvalue weighted by Gasteiger charge is -2.16. The molecule has 6 heteroatoms. The summed E-state index contributed by atoms with van der Waals surface area (Å²) in [5.41, 5.74) is 5.74. The summed E-state index contributed by atoms with van der Waals surface area (Å²) in [5.74, 6) is 0. The average molecular weight is 332 g/mol. The maximum Gasteiger partial charge on any atom is 0.320 e. The summed E-state index contributed by atoms with van der Waals surface area (Å²) >= 11 is 5.15. The molecule has 0 radical (unpaired) electrons. The van der Waals surface area contributed by atoms with Gasteiger partial charge in [-0.05, 0) is 41.4 Å². The summed E-state index contributed by atoms with van der Waals surface area (Å²) in [6, 6.07) is 4.52. The zero-order chi connectivity index (χ0) is 13.3. The van der Waals surface area contributed by atoms with E-state index < -0.39 is 0 Å². The van der Waals surface area contributed by atoms with E-state index in [9.17, 15) is 4.79 Å². The third kappa shape index (κ3) is 2.87. The number of thiophene rings is 1. The first-order chi connectivity index (χ1) is 8.49. The maximum atomic E-state index is 12.1. The van der Waals surface area contributed by atoms with Crippen LogP contribution in [-0.2, 0) is 0 Å². The molecular formula is C12H18BrN3OS. The van der Waals surface area contributed by atoms with Gasteiger partial charge in [-0.25, -0.2) is 4.79 Å². The number of nitrogens with two attached hydrogens (primary N) is 1. The van der Waals surface area contributed by atoms with Crippen LogP contribution < -0.4 is 5.73 Å². The first-order valence-corrected chi connectivity index (χ1v) is 7.62. The number of nitrogens with zero attached hydrogens (tertiary/aromatic N) is 2. The van der Waals surface area contributed by atoms with Crippen LogP contribution >= 0.6 is 27.3 Å². The Bertz CT molecular complexity index is 435. The van der Waals surface area contributed by atoms with Gasteiger partial charge in [0, 0.05) is 31.1 Å². The Morgan fingerprint density at radius 3 is 2.89 bits per heavy atom. The van der Waals surface area contributed by atoms with Gasteiger partial charge < -0.3 is 15.5 Å². The number of carbonyl (C=O) groups excluding carboxylic acids is 1. The van der Waals surface area contributed by atoms with E-state index in [1.54, 1.807) is 11.3 Å². The van der Waals surface area contributed by atoms with Crippen LogP contribution in [0, 0.1) is 0 Å². The molecule has 1 fully saturated rings. The van der Waals surface area contributed by atoms with Crippen molar-refractivity contribution in [3.05, 3.63) is 20.8 Å². The minimum atomic E-state index is 0.102. The van der Waals surface area contributed by atoms with Crippen LogP contribution in [0.5, 0.6) is 0 Å². The zero-order valence-corrected chi connectivity index (χ0v) is 13.0. The molecule has 2 amide bonds. The molecule has 2 atom stereocenters. The molecule has 1 aromatic heterocycles. The Hall–Kier alpha value is -0.590. The summed E-state index contributed by atoms with van der Waals surface area (Å²) < 4.78 is 1.10. The smallest absolute Gasteiger partial charge is 0.320 e. The van der Waals surface area contributed by atoms with Crippen LogP contribution in [0.25, 0.3) is 0 Å². The Balaban J connectivity index is 2.05. The lowest BCUT2D eigenvalue weighted by molar-refractivity contribution is 0.195. The van der Waals surface area contributed by atoms with E-state index in [1.165, 1.54) is 4.88 Å². The monoisotopic (exact) mass is 331 g/mol. The van der Waals surface area contributed by atoms with Crippen molar-refractivity contribution in [1.29, 1.82) is 0 Å². The van der Waals surface area contributed by atoms with Crippen LogP contribution in [0.4, 0.5) is 4.79 Å². The molecular weight excluding hydrogens is 314 g/mol. The Kier molecular flexibility index (Phi) is 4.29. The molecule has 0 saturated carbocycles. The fourth-order valence-electron chi connectivity index (χ4n) is 2.10. The summed E-state index contributed by atoms with van der Waals surface area (Å²) in [4.78, 5) is 17.0. The van der Waals surface area contributed by atoms with E-state index in [-0.39, 0.29) is 18.1 Å². The first-order valence-electron chi connectivity index (χ1n) is 6.01. The van der Waals surface area contributed by atoms with Crippen LogP contribution in [0.15, 0.2) is 15.9 Å². The van der Waals surface area contributed by atoms with Gasteiger partial charge >= 0.3 is 6.03 Å². The van der Waals surface area contributed by atoms with E-state index in [2.05, 4.69) is 22.0 Å². The zero-order valence-electron chi connectivity index (χ0n) is 10.6. The number of carbonyl (C=O) groups is 1. The summed E-state index contributed by atoms with van der Waals surface area (Å²) in [6.07, 6.45) is 0.848. The Morgan fingerprint density at radius 2 is 2.33 bits per heavy atom. The molecule has 100 valence electrons. The van der Waals surface area contributed by atoms with Gasteiger partial charge in [0.1, 0.15) is 0 Å². The number of halogens is 1. The summed E-state index contributed by atoms with van der Waals surface area (Å²) in [6.45, 7) is 3.47. The van der Waals surface area contributed by atoms with Gasteiger partial charge in [0.05, 0.1) is 9.83 Å². The van der Waals surface area contributed by atoms with Crippen molar-refractivity contribution in [3.63, 3.8) is 0 Å². The summed E-state index contributed by atoms with van der Waals surface area (Å²) in [5, 5.41) is 0. The quantitative estimate of drug-likeness (QED) is 0.922. The van der Waals surface area contributed by atoms with Crippen molar-refractivity contribution >= 4 is 33.3 Å². The second kappa shape index (κ2) is 5.59. The van der Waals surface area contributed by atoms with Gasteiger partial charge in [-0.15, -0.1) is 11.3 Å². The third-order valence-electron chi connectivity index (χ3n) is 3.21. The van der Waals surface area contributed by atoms with E-state index in [1.807, 2.05) is 29.8 Å². The number of likely N-dealkylation sites (N-methyl/N-ethyl adjacent to an activating group) is 1. The molecule has 0 spiro atoms. The fraction of sp³-hybridized carbons (Fsp3) is 0.583. The molecule has 2 unspecified atom stereocenters. The third-order valence-corrected chi connectivity index (χ3v) is 4.93. The number of hydrogen-bond acceptors (Lipinski definition) is 3. The molecule has 1 aliphatic heterocycles. The standard InChI is InChI=1S/C12H18BrN3OS/c1-8(14)5-6-16-7-9(15(2)12(16)17)10-3-4-11(13)18-10/h3-4,8-9H,5-7,14H2,1-2H3. The molecule has 4 nitrogen and oxygen atoms in total. The normalized spacial score (nSPS) is 21.8. The second-order valence-electron chi connectivity index (χ2n) is 4.76. The molecule has 2 rings (SSSR count). The van der Waals surface area contributed by atoms with Gasteiger partial charge in [0.2, 0.25) is 0 Å². The number of amides is 2. The number of urea groups is 1. The first kappa shape index (κ1) is 13.8. The van der Waals surface area contributed by atoms with Gasteiger partial charge in [0.25, 0.3) is 0 Å². The maximum absolute atomic E-state index is 12.1. The second-order valence-corrected chi connectivity index (χ2v) is 7.26. The van der Waals surface area contributed by atoms with Crippen LogP contribution in [-0.4, -0.2) is 42.0 Å². The van der Waals surface area contributed by atoms with Gasteiger partial charge in [-0.2, -0.15) is 0 Å². The predicted molar refractivity (Wildman–Crippen MR) is 77.8 cm³/mol. The van der Waals surface area contributed by atoms with E-state index in [0.717, 1.165) is 23.3 Å². The van der Waals surface area contributed by atoms with Crippen molar-refractivity contribution < 1.29 is 4.79 Å². The molecule has 1 aliphatic rings. The van der Waals surface area contributed by atoms with Gasteiger partial charge in [0.15, 0.2) is 0 Å². The highest BCUT2D eigenvalue weighted by molar-refractivity contribution is 9.11. The largest absolute Gasteiger partial charge is 0.328 e. The minimum Gasteiger partial charge on any atom is -0.328 e. The predicted octanol–water partition coefficient (Wildman–Crippen LogP) is 2.66. The summed E-state index contributed by atoms with van der Waals surface area (Å²) in [7, 11) is 1.87. The van der Waals surface area contributed by atoms with Crippen molar-refractivity contribution in [2.24, 2.45) is 5.73 Å². The van der Waals surface area contributed by atoms with Crippen LogP contribution in [0.1, 0.15) is 24.3 Å². The highest BCUT2D eigenvalue weighted by Crippen LogP contribution is 2.34. The molecule has 2 N–H and O–H groups in total. The van der Waals surface area contributed by atoms with Crippen LogP contribution in [0.3, 0.4) is 0 Å². The molecule has 0 aromatic carbocycles. The average Bonchev–Trinajstić information content (AvgIpc) is 2.84. The van der Waals surface area contributed by atoms with Crippen molar-refractivity contribution in [1.82, 2.24) is 9.80 Å². The van der Waals surface area contributed by atoms with Gasteiger partial charge in [-0.1, -0.05) is 0 Å². The lowest BCUT2D eigenvalue weighted by atomic mass is 10.2. The fourth-order valence-corrected chi connectivity index (χ4v) is 3.66. The molecule has 1 saturated heterocycles. The molecule has 2 heterocycles. The number of hydrogen-bond donors (Lipinski definition) is 1. The van der Waals surface area contributed by atoms with E-state index in [0.29, 0.717) is 0 Å². The molecule has 0 bridgehead atoms. The van der Waals surface area contributed by atoms with Gasteiger partial charge in [-0.3, -0.25) is 0 Å². The molecule has 0 aliphatic carbocycles. The topological polar surface area (TPSA) is 49.6 Å². The van der Waals surface area contributed by atoms with Crippen molar-refractivity contribution in [2.45, 2.75) is 25.4 Å². The Morgan fingerprint density at radius 1 is 1.61 bits per heavy atom.